The van der Waals surface area contributed by atoms with Crippen LogP contribution < -0.4 is 0 Å². The van der Waals surface area contributed by atoms with E-state index in [2.05, 4.69) is 0 Å². The molecule has 0 aromatic heterocycles. The molecule has 47 heavy (non-hydrogen) atoms. The minimum atomic E-state index is -1.76. The van der Waals surface area contributed by atoms with Crippen molar-refractivity contribution < 1.29 is 85.7 Å². The molecule has 264 valence electrons. The number of rotatable bonds is 12. The summed E-state index contributed by atoms with van der Waals surface area (Å²) < 4.78 is 55.1. The van der Waals surface area contributed by atoms with E-state index in [-0.39, 0.29) is 0 Å². The maximum absolute atomic E-state index is 12.3. The highest BCUT2D eigenvalue weighted by atomic mass is 32.2. The van der Waals surface area contributed by atoms with Gasteiger partial charge in [0.15, 0.2) is 42.2 Å². The predicted octanol–water partition coefficient (Wildman–Crippen LogP) is -0.114. The van der Waals surface area contributed by atoms with Crippen LogP contribution in [0.3, 0.4) is 0 Å². The molecule has 0 saturated carbocycles. The third kappa shape index (κ3) is 12.3. The quantitative estimate of drug-likeness (QED) is 0.192. The first-order valence-electron chi connectivity index (χ1n) is 14.2. The second kappa shape index (κ2) is 17.8. The number of thioether (sulfide) groups is 1. The number of esters is 8. The molecule has 2 rings (SSSR count). The van der Waals surface area contributed by atoms with Crippen molar-refractivity contribution in [2.45, 2.75) is 115 Å². The summed E-state index contributed by atoms with van der Waals surface area (Å²) in [6.45, 7) is 7.52. The molecule has 2 saturated heterocycles. The van der Waals surface area contributed by atoms with E-state index in [1.54, 1.807) is 0 Å². The molecule has 19 heteroatoms. The molecule has 2 fully saturated rings. The Hall–Kier alpha value is -3.97. The van der Waals surface area contributed by atoms with E-state index in [0.29, 0.717) is 0 Å². The monoisotopic (exact) mass is 694 g/mol. The zero-order chi connectivity index (χ0) is 35.6. The minimum Gasteiger partial charge on any atom is -0.465 e. The Bertz CT molecular complexity index is 1200. The van der Waals surface area contributed by atoms with Crippen molar-refractivity contribution in [2.24, 2.45) is 0 Å². The zero-order valence-corrected chi connectivity index (χ0v) is 27.8. The van der Waals surface area contributed by atoms with Crippen LogP contribution in [0.2, 0.25) is 0 Å². The Morgan fingerprint density at radius 2 is 0.872 bits per heavy atom. The van der Waals surface area contributed by atoms with E-state index in [1.807, 2.05) is 0 Å². The molecular weight excluding hydrogens is 656 g/mol. The Morgan fingerprint density at radius 3 is 1.34 bits per heavy atom. The van der Waals surface area contributed by atoms with E-state index >= 15 is 0 Å². The van der Waals surface area contributed by atoms with Crippen molar-refractivity contribution in [1.29, 1.82) is 0 Å². The van der Waals surface area contributed by atoms with E-state index in [0.717, 1.165) is 67.2 Å². The molecule has 2 aliphatic heterocycles. The van der Waals surface area contributed by atoms with Crippen LogP contribution in [0.4, 0.5) is 0 Å². The van der Waals surface area contributed by atoms with Gasteiger partial charge >= 0.3 is 47.8 Å². The standard InChI is InChI=1S/C28H38O18S/c1-11(29)37-9-19-21(39-13(3)31)23(40-14(4)32)25(42-16(6)34)27(45-19)46-22-20(10-38-12(2)30)47-28(44-18(8)36)26(43-17(7)35)24(22)41-15(5)33/h19-28H,9-10H2,1-8H3/t19-,20-,21-,22-,23+,24+,25-,26-,27-,28+/m1/s1. The lowest BCUT2D eigenvalue weighted by Crippen LogP contribution is -2.66. The van der Waals surface area contributed by atoms with Crippen molar-refractivity contribution >= 4 is 59.5 Å². The molecule has 0 aromatic carbocycles. The molecule has 2 aliphatic rings. The maximum Gasteiger partial charge on any atom is 0.303 e. The summed E-state index contributed by atoms with van der Waals surface area (Å²) in [5.41, 5.74) is -1.29. The minimum absolute atomic E-state index is 0.432. The molecule has 18 nitrogen and oxygen atoms in total. The summed E-state index contributed by atoms with van der Waals surface area (Å²) in [5.74, 6) is -6.66. The van der Waals surface area contributed by atoms with E-state index in [4.69, 9.17) is 47.4 Å². The highest BCUT2D eigenvalue weighted by Gasteiger charge is 2.57. The van der Waals surface area contributed by atoms with E-state index < -0.39 is 121 Å². The molecule has 0 amide bonds. The number of carbonyl (C=O) groups excluding carboxylic acids is 8. The average molecular weight is 695 g/mol. The molecule has 0 aromatic rings. The van der Waals surface area contributed by atoms with Gasteiger partial charge in [-0.2, -0.15) is 0 Å². The van der Waals surface area contributed by atoms with Gasteiger partial charge < -0.3 is 47.4 Å². The van der Waals surface area contributed by atoms with E-state index in [9.17, 15) is 38.4 Å². The number of carbonyl (C=O) groups is 8. The van der Waals surface area contributed by atoms with Gasteiger partial charge in [0.25, 0.3) is 0 Å². The molecule has 0 N–H and O–H groups in total. The van der Waals surface area contributed by atoms with Crippen LogP contribution in [0.25, 0.3) is 0 Å². The fraction of sp³-hybridized carbons (Fsp3) is 0.714. The van der Waals surface area contributed by atoms with Crippen LogP contribution in [-0.4, -0.2) is 121 Å². The van der Waals surface area contributed by atoms with Crippen molar-refractivity contribution in [1.82, 2.24) is 0 Å². The summed E-state index contributed by atoms with van der Waals surface area (Å²) in [6.07, 6.45) is -12.5. The SMILES string of the molecule is CC(=O)OC[C@H]1O[C@H](O[C@H]2[C@H](OC(C)=O)[C@@H](OC(C)=O)[C@@H](OC(C)=O)S[C@@H]2COC(C)=O)[C@H](OC(C)=O)[C@@H](OC(C)=O)[C@@H]1OC(C)=O. The van der Waals surface area contributed by atoms with E-state index in [1.165, 1.54) is 0 Å². The smallest absolute Gasteiger partial charge is 0.303 e. The third-order valence-corrected chi connectivity index (χ3v) is 7.55. The van der Waals surface area contributed by atoms with Crippen molar-refractivity contribution in [3.05, 3.63) is 0 Å². The molecule has 10 atom stereocenters. The number of ether oxygens (including phenoxy) is 10. The van der Waals surface area contributed by atoms with Gasteiger partial charge in [-0.05, 0) is 0 Å². The second-order valence-corrected chi connectivity index (χ2v) is 11.6. The van der Waals surface area contributed by atoms with Gasteiger partial charge in [0.1, 0.15) is 25.4 Å². The molecule has 0 aliphatic carbocycles. The summed E-state index contributed by atoms with van der Waals surface area (Å²) in [6, 6.07) is 0. The summed E-state index contributed by atoms with van der Waals surface area (Å²) >= 11 is 0.829. The molecule has 0 radical (unpaired) electrons. The van der Waals surface area contributed by atoms with Crippen LogP contribution in [0.5, 0.6) is 0 Å². The Labute approximate surface area is 273 Å². The first-order chi connectivity index (χ1) is 21.9. The van der Waals surface area contributed by atoms with Crippen LogP contribution in [-0.2, 0) is 85.7 Å². The predicted molar refractivity (Wildman–Crippen MR) is 152 cm³/mol. The van der Waals surface area contributed by atoms with Crippen molar-refractivity contribution in [3.63, 3.8) is 0 Å². The van der Waals surface area contributed by atoms with Crippen LogP contribution in [0.15, 0.2) is 0 Å². The highest BCUT2D eigenvalue weighted by Crippen LogP contribution is 2.41. The molecule has 0 spiro atoms. The normalized spacial score (nSPS) is 30.0. The summed E-state index contributed by atoms with van der Waals surface area (Å²) in [4.78, 5) is 96.5. The number of hydrogen-bond donors (Lipinski definition) is 0. The Balaban J connectivity index is 2.73. The van der Waals surface area contributed by atoms with Gasteiger partial charge in [0.2, 0.25) is 0 Å². The molecule has 2 heterocycles. The van der Waals surface area contributed by atoms with Crippen molar-refractivity contribution in [2.75, 3.05) is 13.2 Å². The van der Waals surface area contributed by atoms with Gasteiger partial charge in [-0.3, -0.25) is 38.4 Å². The largest absolute Gasteiger partial charge is 0.465 e. The zero-order valence-electron chi connectivity index (χ0n) is 26.9. The maximum atomic E-state index is 12.3. The highest BCUT2D eigenvalue weighted by molar-refractivity contribution is 8.00. The van der Waals surface area contributed by atoms with Crippen molar-refractivity contribution in [3.8, 4) is 0 Å². The fourth-order valence-corrected chi connectivity index (χ4v) is 6.15. The van der Waals surface area contributed by atoms with Gasteiger partial charge in [0, 0.05) is 55.4 Å². The lowest BCUT2D eigenvalue weighted by molar-refractivity contribution is -0.325. The molecule has 0 unspecified atom stereocenters. The van der Waals surface area contributed by atoms with Gasteiger partial charge in [-0.15, -0.1) is 11.8 Å². The fourth-order valence-electron chi connectivity index (χ4n) is 4.73. The lowest BCUT2D eigenvalue weighted by atomic mass is 9.97. The second-order valence-electron chi connectivity index (χ2n) is 10.3. The summed E-state index contributed by atoms with van der Waals surface area (Å²) in [7, 11) is 0. The van der Waals surface area contributed by atoms with Crippen LogP contribution in [0.1, 0.15) is 55.4 Å². The average Bonchev–Trinajstić information content (AvgIpc) is 2.91. The molecular formula is C28H38O18S. The third-order valence-electron chi connectivity index (χ3n) is 6.17. The van der Waals surface area contributed by atoms with Crippen LogP contribution >= 0.6 is 11.8 Å². The first kappa shape index (κ1) is 39.2. The number of hydrogen-bond acceptors (Lipinski definition) is 19. The van der Waals surface area contributed by atoms with Gasteiger partial charge in [0.05, 0.1) is 5.25 Å². The molecule has 0 bridgehead atoms. The topological polar surface area (TPSA) is 229 Å². The Morgan fingerprint density at radius 1 is 0.468 bits per heavy atom. The Kier molecular flexibility index (Phi) is 14.9. The first-order valence-corrected chi connectivity index (χ1v) is 15.1. The van der Waals surface area contributed by atoms with Gasteiger partial charge in [-0.1, -0.05) is 0 Å². The van der Waals surface area contributed by atoms with Gasteiger partial charge in [-0.25, -0.2) is 0 Å². The van der Waals surface area contributed by atoms with Crippen LogP contribution in [0, 0.1) is 0 Å². The summed E-state index contributed by atoms with van der Waals surface area (Å²) in [5, 5.41) is -1.05. The lowest BCUT2D eigenvalue weighted by Gasteiger charge is -2.48.